The predicted molar refractivity (Wildman–Crippen MR) is 311 cm³/mol. The van der Waals surface area contributed by atoms with Gasteiger partial charge < -0.3 is 48.8 Å². The Kier molecular flexibility index (Phi) is 15.7. The van der Waals surface area contributed by atoms with Crippen LogP contribution in [-0.4, -0.2) is 100 Å². The summed E-state index contributed by atoms with van der Waals surface area (Å²) in [5.41, 5.74) is -4.05. The number of hydrogen-bond acceptors (Lipinski definition) is 15. The number of ether oxygens (including phenoxy) is 7. The van der Waals surface area contributed by atoms with E-state index in [0.717, 1.165) is 17.1 Å². The summed E-state index contributed by atoms with van der Waals surface area (Å²) in [5.74, 6) is 5.54. The number of rotatable bonds is 10. The standard InChI is InChI=1S/C37H50N2O7.C29H37NO5/c1-32(2,3)45-26-16-17-29-30(18-26)43-23-37(31(29)40,46-28-21-35(8,9)39(42)36(10,11)22-28)24-12-14-25(15-13-24)44-27-19-33(4,5)38(41)34(6,7)20-27;1-26(2,3)35-21-13-14-23-24(15-21)33-18-29(8,25(23)31)19-9-11-20(12-10-19)34-22-16-27(4,5)30(32)28(6,7)17-22/h12-19,21,41-42H,20,22-23H2,1-11H3;9-16,32H,17-18H2,1-8H3. The van der Waals surface area contributed by atoms with Crippen LogP contribution < -0.4 is 28.4 Å². The van der Waals surface area contributed by atoms with Gasteiger partial charge in [-0.05, 0) is 204 Å². The molecule has 0 amide bonds. The van der Waals surface area contributed by atoms with Gasteiger partial charge in [-0.1, -0.05) is 24.3 Å². The molecule has 2 atom stereocenters. The zero-order chi connectivity index (χ0) is 59.9. The maximum Gasteiger partial charge on any atom is 0.229 e. The molecule has 5 aliphatic heterocycles. The van der Waals surface area contributed by atoms with E-state index in [0.29, 0.717) is 76.2 Å². The van der Waals surface area contributed by atoms with Crippen LogP contribution in [0.2, 0.25) is 0 Å². The first kappa shape index (κ1) is 60.9. The third-order valence-corrected chi connectivity index (χ3v) is 15.4. The molecule has 5 heterocycles. The molecule has 438 valence electrons. The Morgan fingerprint density at radius 1 is 0.444 bits per heavy atom. The summed E-state index contributed by atoms with van der Waals surface area (Å²) < 4.78 is 43.6. The molecule has 0 fully saturated rings. The highest BCUT2D eigenvalue weighted by Gasteiger charge is 2.52. The largest absolute Gasteiger partial charge is 0.491 e. The number of Topliss-reactive ketones (excluding diaryl/α,β-unsaturated/α-hetero) is 2. The van der Waals surface area contributed by atoms with Gasteiger partial charge in [0.2, 0.25) is 11.4 Å². The maximum atomic E-state index is 14.6. The molecule has 4 aromatic carbocycles. The zero-order valence-electron chi connectivity index (χ0n) is 51.2. The summed E-state index contributed by atoms with van der Waals surface area (Å²) >= 11 is 0. The van der Waals surface area contributed by atoms with Gasteiger partial charge in [-0.15, -0.1) is 0 Å². The molecule has 4 aromatic rings. The van der Waals surface area contributed by atoms with Gasteiger partial charge in [-0.25, -0.2) is 0 Å². The second-order valence-corrected chi connectivity index (χ2v) is 28.2. The van der Waals surface area contributed by atoms with Crippen LogP contribution >= 0.6 is 0 Å². The molecule has 9 rings (SSSR count). The predicted octanol–water partition coefficient (Wildman–Crippen LogP) is 14.1. The quantitative estimate of drug-likeness (QED) is 0.137. The number of fused-ring (bicyclic) bond motifs is 2. The number of benzene rings is 4. The van der Waals surface area contributed by atoms with Crippen molar-refractivity contribution in [1.82, 2.24) is 15.2 Å². The van der Waals surface area contributed by atoms with E-state index in [2.05, 4.69) is 0 Å². The Morgan fingerprint density at radius 2 is 0.790 bits per heavy atom. The molecule has 0 spiro atoms. The summed E-state index contributed by atoms with van der Waals surface area (Å²) in [6.07, 6.45) is 7.22. The van der Waals surface area contributed by atoms with Gasteiger partial charge in [0, 0.05) is 53.6 Å². The van der Waals surface area contributed by atoms with Crippen LogP contribution in [0.25, 0.3) is 0 Å². The van der Waals surface area contributed by atoms with Gasteiger partial charge >= 0.3 is 0 Å². The van der Waals surface area contributed by atoms with Crippen LogP contribution in [0.15, 0.2) is 120 Å². The van der Waals surface area contributed by atoms with E-state index in [-0.39, 0.29) is 30.4 Å². The normalized spacial score (nSPS) is 24.7. The van der Waals surface area contributed by atoms with Gasteiger partial charge in [0.05, 0.1) is 38.9 Å². The highest BCUT2D eigenvalue weighted by Crippen LogP contribution is 2.47. The van der Waals surface area contributed by atoms with Crippen molar-refractivity contribution in [1.29, 1.82) is 0 Å². The topological polar surface area (TPSA) is 169 Å². The molecule has 5 aliphatic rings. The molecular weight excluding hydrogens is 1030 g/mol. The van der Waals surface area contributed by atoms with Crippen LogP contribution in [0.4, 0.5) is 0 Å². The van der Waals surface area contributed by atoms with E-state index in [1.807, 2.05) is 204 Å². The average molecular weight is 1110 g/mol. The fourth-order valence-corrected chi connectivity index (χ4v) is 11.8. The number of nitrogens with zero attached hydrogens (tertiary/aromatic N) is 3. The Labute approximate surface area is 479 Å². The van der Waals surface area contributed by atoms with Crippen molar-refractivity contribution in [3.05, 3.63) is 143 Å². The number of hydrogen-bond donors (Lipinski definition) is 3. The molecule has 0 saturated carbocycles. The van der Waals surface area contributed by atoms with Crippen LogP contribution in [0, 0.1) is 0 Å². The lowest BCUT2D eigenvalue weighted by Gasteiger charge is -2.48. The van der Waals surface area contributed by atoms with Crippen LogP contribution in [0.3, 0.4) is 0 Å². The smallest absolute Gasteiger partial charge is 0.229 e. The molecule has 3 N–H and O–H groups in total. The molecule has 0 bridgehead atoms. The van der Waals surface area contributed by atoms with E-state index in [4.69, 9.17) is 33.2 Å². The Hall–Kier alpha value is -6.20. The first-order valence-electron chi connectivity index (χ1n) is 28.1. The Bertz CT molecular complexity index is 3140. The minimum absolute atomic E-state index is 0.0243. The van der Waals surface area contributed by atoms with Crippen molar-refractivity contribution < 1.29 is 58.4 Å². The Morgan fingerprint density at radius 3 is 1.19 bits per heavy atom. The van der Waals surface area contributed by atoms with Crippen molar-refractivity contribution in [2.75, 3.05) is 13.2 Å². The number of carbonyl (C=O) groups is 2. The highest BCUT2D eigenvalue weighted by molar-refractivity contribution is 6.07. The summed E-state index contributed by atoms with van der Waals surface area (Å²) in [7, 11) is 0. The maximum absolute atomic E-state index is 14.6. The molecule has 0 aliphatic carbocycles. The second-order valence-electron chi connectivity index (χ2n) is 28.2. The summed E-state index contributed by atoms with van der Waals surface area (Å²) in [6, 6.07) is 25.6. The molecule has 0 saturated heterocycles. The third-order valence-electron chi connectivity index (χ3n) is 15.4. The van der Waals surface area contributed by atoms with Gasteiger partial charge in [0.15, 0.2) is 5.78 Å². The summed E-state index contributed by atoms with van der Waals surface area (Å²) in [6.45, 7) is 37.3. The van der Waals surface area contributed by atoms with Crippen molar-refractivity contribution >= 4 is 11.6 Å². The van der Waals surface area contributed by atoms with Gasteiger partial charge in [-0.3, -0.25) is 9.59 Å². The van der Waals surface area contributed by atoms with Gasteiger partial charge in [0.25, 0.3) is 0 Å². The second kappa shape index (κ2) is 20.9. The van der Waals surface area contributed by atoms with E-state index >= 15 is 0 Å². The molecular formula is C66H87N3O12. The first-order valence-corrected chi connectivity index (χ1v) is 28.1. The van der Waals surface area contributed by atoms with E-state index in [9.17, 15) is 25.2 Å². The van der Waals surface area contributed by atoms with Crippen molar-refractivity contribution in [2.24, 2.45) is 0 Å². The average Bonchev–Trinajstić information content (AvgIpc) is 3.44. The minimum Gasteiger partial charge on any atom is -0.491 e. The first-order chi connectivity index (χ1) is 37.2. The van der Waals surface area contributed by atoms with Crippen molar-refractivity contribution in [2.45, 2.75) is 206 Å². The number of carbonyl (C=O) groups excluding carboxylic acids is 2. The lowest BCUT2D eigenvalue weighted by atomic mass is 9.75. The molecule has 0 aromatic heterocycles. The fraction of sp³-hybridized carbons (Fsp3) is 0.515. The molecule has 15 nitrogen and oxygen atoms in total. The monoisotopic (exact) mass is 1110 g/mol. The van der Waals surface area contributed by atoms with E-state index < -0.39 is 49.9 Å². The van der Waals surface area contributed by atoms with Crippen molar-refractivity contribution in [3.8, 4) is 34.5 Å². The number of ketones is 2. The van der Waals surface area contributed by atoms with Crippen LogP contribution in [-0.2, 0) is 15.8 Å². The van der Waals surface area contributed by atoms with E-state index in [1.54, 1.807) is 30.3 Å². The SMILES string of the molecule is CC(C)(C)Oc1ccc2c(c1)OCC(C)(c1ccc(OC3=CC(C)(C)N(O)C(C)(C)C3)cc1)C2=O.CC(C)(C)Oc1ccc2c(c1)OCC(OC1=CC(C)(C)N(O)C(C)(C)C1)(c1ccc(OC3=CC(C)(C)N(O)C(C)(C)C3)cc1)C2=O. The number of hydroxylamine groups is 6. The molecule has 81 heavy (non-hydrogen) atoms. The van der Waals surface area contributed by atoms with Crippen molar-refractivity contribution in [3.63, 3.8) is 0 Å². The fourth-order valence-electron chi connectivity index (χ4n) is 11.8. The molecule has 0 radical (unpaired) electrons. The minimum atomic E-state index is -1.49. The Balaban J connectivity index is 0.000000220. The molecule has 2 unspecified atom stereocenters. The third kappa shape index (κ3) is 12.7. The lowest BCUT2D eigenvalue weighted by Crippen LogP contribution is -2.56. The van der Waals surface area contributed by atoms with Gasteiger partial charge in [-0.2, -0.15) is 15.2 Å². The van der Waals surface area contributed by atoms with E-state index in [1.165, 1.54) is 15.2 Å². The molecule has 15 heteroatoms. The van der Waals surface area contributed by atoms with Crippen LogP contribution in [0.5, 0.6) is 34.5 Å². The summed E-state index contributed by atoms with van der Waals surface area (Å²) in [5, 5.41) is 36.1. The summed E-state index contributed by atoms with van der Waals surface area (Å²) in [4.78, 5) is 28.1. The van der Waals surface area contributed by atoms with Crippen LogP contribution in [0.1, 0.15) is 183 Å². The van der Waals surface area contributed by atoms with Gasteiger partial charge in [0.1, 0.15) is 70.4 Å². The zero-order valence-corrected chi connectivity index (χ0v) is 51.2. The highest BCUT2D eigenvalue weighted by atomic mass is 16.6. The lowest BCUT2D eigenvalue weighted by molar-refractivity contribution is -0.220.